The van der Waals surface area contributed by atoms with Crippen molar-refractivity contribution in [3.8, 4) is 0 Å². The molecule has 0 rings (SSSR count). The van der Waals surface area contributed by atoms with Crippen molar-refractivity contribution < 1.29 is 24.2 Å². The predicted molar refractivity (Wildman–Crippen MR) is 148 cm³/mol. The van der Waals surface area contributed by atoms with Gasteiger partial charge < -0.3 is 15.2 Å². The molecule has 0 aliphatic rings. The van der Waals surface area contributed by atoms with Crippen LogP contribution >= 0.6 is 0 Å². The summed E-state index contributed by atoms with van der Waals surface area (Å²) in [6.07, 6.45) is 25.0. The summed E-state index contributed by atoms with van der Waals surface area (Å²) < 4.78 is 5.89. The summed E-state index contributed by atoms with van der Waals surface area (Å²) >= 11 is 0. The number of aliphatic carboxylic acids is 1. The molecule has 0 saturated carbocycles. The highest BCUT2D eigenvalue weighted by atomic mass is 16.5. The third kappa shape index (κ3) is 25.5. The second kappa shape index (κ2) is 26.5. The molecule has 0 aliphatic heterocycles. The molecular formula is C30H57NO5. The largest absolute Gasteiger partial charge is 0.480 e. The second-order valence-corrected chi connectivity index (χ2v) is 10.4. The maximum absolute atomic E-state index is 12.4. The minimum atomic E-state index is -1.02. The van der Waals surface area contributed by atoms with Crippen LogP contribution in [0.4, 0.5) is 0 Å². The Labute approximate surface area is 221 Å². The quantitative estimate of drug-likeness (QED) is 0.0858. The smallest absolute Gasteiger partial charge is 0.322 e. The van der Waals surface area contributed by atoms with Gasteiger partial charge >= 0.3 is 11.9 Å². The van der Waals surface area contributed by atoms with Gasteiger partial charge in [0.05, 0.1) is 0 Å². The lowest BCUT2D eigenvalue weighted by Crippen LogP contribution is -2.28. The Morgan fingerprint density at radius 1 is 0.611 bits per heavy atom. The number of hydrogen-bond donors (Lipinski definition) is 2. The van der Waals surface area contributed by atoms with Gasteiger partial charge in [-0.1, -0.05) is 110 Å². The fourth-order valence-electron chi connectivity index (χ4n) is 4.51. The molecule has 0 aromatic carbocycles. The first-order valence-corrected chi connectivity index (χ1v) is 15.2. The maximum Gasteiger partial charge on any atom is 0.322 e. The maximum atomic E-state index is 12.4. The van der Waals surface area contributed by atoms with E-state index in [1.165, 1.54) is 77.0 Å². The van der Waals surface area contributed by atoms with Gasteiger partial charge in [0.1, 0.15) is 12.6 Å². The fraction of sp³-hybridized carbons (Fsp3) is 0.900. The number of carboxylic acid groups (broad SMARTS) is 1. The molecule has 0 saturated heterocycles. The number of amides is 1. The van der Waals surface area contributed by atoms with Crippen LogP contribution in [0.5, 0.6) is 0 Å². The highest BCUT2D eigenvalue weighted by molar-refractivity contribution is 5.80. The van der Waals surface area contributed by atoms with Gasteiger partial charge in [-0.2, -0.15) is 0 Å². The molecule has 6 heteroatoms. The van der Waals surface area contributed by atoms with Crippen molar-refractivity contribution in [1.82, 2.24) is 5.32 Å². The summed E-state index contributed by atoms with van der Waals surface area (Å²) in [7, 11) is 0. The van der Waals surface area contributed by atoms with Crippen LogP contribution in [0.25, 0.3) is 0 Å². The molecule has 36 heavy (non-hydrogen) atoms. The van der Waals surface area contributed by atoms with Crippen molar-refractivity contribution in [2.45, 2.75) is 168 Å². The molecule has 212 valence electrons. The summed E-state index contributed by atoms with van der Waals surface area (Å²) in [4.78, 5) is 34.5. The van der Waals surface area contributed by atoms with Crippen molar-refractivity contribution in [3.05, 3.63) is 0 Å². The number of carbonyl (C=O) groups is 3. The Morgan fingerprint density at radius 3 is 1.50 bits per heavy atom. The molecule has 0 radical (unpaired) electrons. The summed E-state index contributed by atoms with van der Waals surface area (Å²) in [6, 6.07) is 0. The van der Waals surface area contributed by atoms with Gasteiger partial charge in [-0.15, -0.1) is 0 Å². The average molecular weight is 512 g/mol. The van der Waals surface area contributed by atoms with E-state index < -0.39 is 5.97 Å². The van der Waals surface area contributed by atoms with Crippen molar-refractivity contribution in [2.24, 2.45) is 0 Å². The van der Waals surface area contributed by atoms with Crippen LogP contribution in [0, 0.1) is 0 Å². The number of carbonyl (C=O) groups excluding carboxylic acids is 2. The van der Waals surface area contributed by atoms with E-state index in [9.17, 15) is 14.4 Å². The van der Waals surface area contributed by atoms with E-state index in [4.69, 9.17) is 9.84 Å². The highest BCUT2D eigenvalue weighted by Gasteiger charge is 2.14. The lowest BCUT2D eigenvalue weighted by atomic mass is 10.0. The first kappa shape index (κ1) is 34.4. The molecule has 0 spiro atoms. The summed E-state index contributed by atoms with van der Waals surface area (Å²) in [5, 5.41) is 11.0. The number of ether oxygens (including phenoxy) is 1. The van der Waals surface area contributed by atoms with Crippen molar-refractivity contribution >= 4 is 17.8 Å². The standard InChI is InChI=1S/C30H57NO5/c1-3-5-7-9-11-12-13-15-21-25-30(35)36-27(22-18-14-10-8-6-4-2)23-19-16-17-20-24-28(32)31-26-29(33)34/h27H,3-26H2,1-2H3,(H,31,32)(H,33,34). The van der Waals surface area contributed by atoms with Crippen LogP contribution < -0.4 is 5.32 Å². The van der Waals surface area contributed by atoms with Gasteiger partial charge in [-0.05, 0) is 38.5 Å². The first-order valence-electron chi connectivity index (χ1n) is 15.2. The Morgan fingerprint density at radius 2 is 1.03 bits per heavy atom. The molecular weight excluding hydrogens is 454 g/mol. The van der Waals surface area contributed by atoms with E-state index in [0.29, 0.717) is 12.8 Å². The van der Waals surface area contributed by atoms with Crippen LogP contribution in [-0.4, -0.2) is 35.6 Å². The summed E-state index contributed by atoms with van der Waals surface area (Å²) in [6.45, 7) is 4.16. The fourth-order valence-corrected chi connectivity index (χ4v) is 4.51. The Kier molecular flexibility index (Phi) is 25.3. The molecule has 0 bridgehead atoms. The number of unbranched alkanes of at least 4 members (excludes halogenated alkanes) is 16. The zero-order chi connectivity index (χ0) is 26.7. The van der Waals surface area contributed by atoms with Gasteiger partial charge in [0.15, 0.2) is 0 Å². The molecule has 0 aliphatic carbocycles. The van der Waals surface area contributed by atoms with Crippen LogP contribution in [0.3, 0.4) is 0 Å². The van der Waals surface area contributed by atoms with E-state index in [0.717, 1.165) is 57.8 Å². The Balaban J connectivity index is 4.09. The van der Waals surface area contributed by atoms with Crippen LogP contribution in [0.15, 0.2) is 0 Å². The number of nitrogens with one attached hydrogen (secondary N) is 1. The number of esters is 1. The lowest BCUT2D eigenvalue weighted by molar-refractivity contribution is -0.150. The average Bonchev–Trinajstić information content (AvgIpc) is 2.85. The zero-order valence-electron chi connectivity index (χ0n) is 23.6. The molecule has 1 atom stereocenters. The molecule has 0 heterocycles. The third-order valence-corrected chi connectivity index (χ3v) is 6.78. The van der Waals surface area contributed by atoms with Crippen molar-refractivity contribution in [2.75, 3.05) is 6.54 Å². The van der Waals surface area contributed by atoms with Crippen molar-refractivity contribution in [3.63, 3.8) is 0 Å². The topological polar surface area (TPSA) is 92.7 Å². The number of rotatable bonds is 27. The summed E-state index contributed by atoms with van der Waals surface area (Å²) in [5.74, 6) is -1.26. The normalized spacial score (nSPS) is 11.8. The van der Waals surface area contributed by atoms with E-state index in [-0.39, 0.29) is 24.5 Å². The monoisotopic (exact) mass is 511 g/mol. The van der Waals surface area contributed by atoms with E-state index in [2.05, 4.69) is 19.2 Å². The molecule has 1 amide bonds. The Hall–Kier alpha value is -1.59. The molecule has 0 fully saturated rings. The van der Waals surface area contributed by atoms with E-state index >= 15 is 0 Å². The van der Waals surface area contributed by atoms with Crippen LogP contribution in [0.2, 0.25) is 0 Å². The van der Waals surface area contributed by atoms with Gasteiger partial charge in [0.25, 0.3) is 0 Å². The van der Waals surface area contributed by atoms with Gasteiger partial charge in [0.2, 0.25) is 5.91 Å². The third-order valence-electron chi connectivity index (χ3n) is 6.78. The van der Waals surface area contributed by atoms with Gasteiger partial charge in [0, 0.05) is 12.8 Å². The molecule has 2 N–H and O–H groups in total. The first-order chi connectivity index (χ1) is 17.5. The Bertz CT molecular complexity index is 537. The number of hydrogen-bond acceptors (Lipinski definition) is 4. The molecule has 0 aromatic heterocycles. The minimum absolute atomic E-state index is 0.0149. The van der Waals surface area contributed by atoms with Crippen molar-refractivity contribution in [1.29, 1.82) is 0 Å². The van der Waals surface area contributed by atoms with Gasteiger partial charge in [-0.25, -0.2) is 0 Å². The minimum Gasteiger partial charge on any atom is -0.480 e. The van der Waals surface area contributed by atoms with Crippen LogP contribution in [-0.2, 0) is 19.1 Å². The van der Waals surface area contributed by atoms with Crippen LogP contribution in [0.1, 0.15) is 162 Å². The molecule has 6 nitrogen and oxygen atoms in total. The second-order valence-electron chi connectivity index (χ2n) is 10.4. The lowest BCUT2D eigenvalue weighted by Gasteiger charge is -2.18. The number of carboxylic acids is 1. The SMILES string of the molecule is CCCCCCCCCCCC(=O)OC(CCCCCCCC)CCCCCCC(=O)NCC(=O)O. The predicted octanol–water partition coefficient (Wildman–Crippen LogP) is 8.11. The van der Waals surface area contributed by atoms with Gasteiger partial charge in [-0.3, -0.25) is 14.4 Å². The highest BCUT2D eigenvalue weighted by Crippen LogP contribution is 2.18. The molecule has 0 aromatic rings. The summed E-state index contributed by atoms with van der Waals surface area (Å²) in [5.41, 5.74) is 0. The van der Waals surface area contributed by atoms with E-state index in [1.807, 2.05) is 0 Å². The zero-order valence-corrected chi connectivity index (χ0v) is 23.6. The van der Waals surface area contributed by atoms with E-state index in [1.54, 1.807) is 0 Å². The molecule has 1 unspecified atom stereocenters.